The van der Waals surface area contributed by atoms with Crippen molar-refractivity contribution >= 4 is 11.8 Å². The highest BCUT2D eigenvalue weighted by atomic mass is 16.3. The summed E-state index contributed by atoms with van der Waals surface area (Å²) in [5.41, 5.74) is 2.99. The van der Waals surface area contributed by atoms with E-state index < -0.39 is 6.61 Å². The number of aromatic nitrogens is 1. The molecule has 1 N–H and O–H groups in total. The second kappa shape index (κ2) is 5.76. The molecule has 2 fully saturated rings. The van der Waals surface area contributed by atoms with Gasteiger partial charge < -0.3 is 19.5 Å². The zero-order valence-corrected chi connectivity index (χ0v) is 13.2. The van der Waals surface area contributed by atoms with Crippen LogP contribution in [0.4, 0.5) is 0 Å². The molecule has 2 heterocycles. The number of rotatable bonds is 3. The van der Waals surface area contributed by atoms with Gasteiger partial charge in [-0.25, -0.2) is 0 Å². The topological polar surface area (TPSA) is 65.8 Å². The fourth-order valence-electron chi connectivity index (χ4n) is 3.32. The number of aryl methyl sites for hydroxylation is 1. The summed E-state index contributed by atoms with van der Waals surface area (Å²) in [6.07, 6.45) is 2.40. The molecule has 1 aromatic heterocycles. The molecule has 1 saturated carbocycles. The summed E-state index contributed by atoms with van der Waals surface area (Å²) in [6.45, 7) is 5.65. The molecule has 0 aromatic carbocycles. The number of nitrogens with zero attached hydrogens (tertiary/aromatic N) is 3. The van der Waals surface area contributed by atoms with Crippen LogP contribution in [0.3, 0.4) is 0 Å². The molecule has 0 bridgehead atoms. The maximum absolute atomic E-state index is 12.7. The zero-order chi connectivity index (χ0) is 15.9. The standard InChI is InChI=1S/C16H23N3O3/c1-11-9-14(12(2)19(11)13-3-4-13)16(22)18-7-5-17(6-8-18)15(21)10-20/h9,13,20H,3-8,10H2,1-2H3. The molecule has 120 valence electrons. The Kier molecular flexibility index (Phi) is 3.95. The van der Waals surface area contributed by atoms with Gasteiger partial charge in [-0.2, -0.15) is 0 Å². The van der Waals surface area contributed by atoms with Crippen molar-refractivity contribution < 1.29 is 14.7 Å². The van der Waals surface area contributed by atoms with Gasteiger partial charge in [0.1, 0.15) is 6.61 Å². The zero-order valence-electron chi connectivity index (χ0n) is 13.2. The van der Waals surface area contributed by atoms with Crippen LogP contribution in [-0.4, -0.2) is 64.1 Å². The minimum atomic E-state index is -0.462. The Bertz CT molecular complexity index is 596. The molecule has 22 heavy (non-hydrogen) atoms. The average Bonchev–Trinajstić information content (AvgIpc) is 3.31. The number of aliphatic hydroxyl groups is 1. The molecule has 1 aromatic rings. The third kappa shape index (κ3) is 2.63. The Labute approximate surface area is 130 Å². The quantitative estimate of drug-likeness (QED) is 0.895. The molecule has 0 atom stereocenters. The van der Waals surface area contributed by atoms with Gasteiger partial charge in [0.25, 0.3) is 5.91 Å². The predicted molar refractivity (Wildman–Crippen MR) is 81.7 cm³/mol. The van der Waals surface area contributed by atoms with E-state index in [4.69, 9.17) is 5.11 Å². The largest absolute Gasteiger partial charge is 0.387 e. The van der Waals surface area contributed by atoms with E-state index in [-0.39, 0.29) is 11.8 Å². The number of carbonyl (C=O) groups excluding carboxylic acids is 2. The molecular weight excluding hydrogens is 282 g/mol. The second-order valence-electron chi connectivity index (χ2n) is 6.22. The number of piperazine rings is 1. The van der Waals surface area contributed by atoms with Crippen molar-refractivity contribution in [2.24, 2.45) is 0 Å². The Balaban J connectivity index is 1.70. The van der Waals surface area contributed by atoms with Gasteiger partial charge in [0.2, 0.25) is 5.91 Å². The lowest BCUT2D eigenvalue weighted by Gasteiger charge is -2.34. The first-order valence-corrected chi connectivity index (χ1v) is 7.89. The Morgan fingerprint density at radius 3 is 2.27 bits per heavy atom. The van der Waals surface area contributed by atoms with E-state index in [0.717, 1.165) is 17.0 Å². The van der Waals surface area contributed by atoms with Crippen molar-refractivity contribution in [3.05, 3.63) is 23.0 Å². The van der Waals surface area contributed by atoms with Gasteiger partial charge in [-0.3, -0.25) is 9.59 Å². The number of amides is 2. The van der Waals surface area contributed by atoms with Gasteiger partial charge in [-0.05, 0) is 32.8 Å². The molecule has 1 aliphatic heterocycles. The lowest BCUT2D eigenvalue weighted by molar-refractivity contribution is -0.135. The van der Waals surface area contributed by atoms with E-state index in [1.807, 2.05) is 13.0 Å². The second-order valence-corrected chi connectivity index (χ2v) is 6.22. The fourth-order valence-corrected chi connectivity index (χ4v) is 3.32. The molecule has 3 rings (SSSR count). The van der Waals surface area contributed by atoms with Crippen LogP contribution < -0.4 is 0 Å². The highest BCUT2D eigenvalue weighted by molar-refractivity contribution is 5.96. The first kappa shape index (κ1) is 15.1. The van der Waals surface area contributed by atoms with Crippen LogP contribution in [0.1, 0.15) is 40.6 Å². The van der Waals surface area contributed by atoms with E-state index in [9.17, 15) is 9.59 Å². The first-order valence-electron chi connectivity index (χ1n) is 7.89. The Morgan fingerprint density at radius 1 is 1.14 bits per heavy atom. The molecule has 2 aliphatic rings. The molecule has 0 spiro atoms. The van der Waals surface area contributed by atoms with Gasteiger partial charge in [-0.1, -0.05) is 0 Å². The highest BCUT2D eigenvalue weighted by Crippen LogP contribution is 2.38. The van der Waals surface area contributed by atoms with E-state index in [0.29, 0.717) is 32.2 Å². The van der Waals surface area contributed by atoms with Crippen LogP contribution in [0, 0.1) is 13.8 Å². The summed E-state index contributed by atoms with van der Waals surface area (Å²) in [4.78, 5) is 27.6. The van der Waals surface area contributed by atoms with Gasteiger partial charge in [0, 0.05) is 43.6 Å². The third-order valence-corrected chi connectivity index (χ3v) is 4.68. The van der Waals surface area contributed by atoms with Gasteiger partial charge in [-0.15, -0.1) is 0 Å². The molecule has 0 unspecified atom stereocenters. The smallest absolute Gasteiger partial charge is 0.255 e. The van der Waals surface area contributed by atoms with Crippen molar-refractivity contribution in [1.82, 2.24) is 14.4 Å². The van der Waals surface area contributed by atoms with Crippen molar-refractivity contribution in [2.45, 2.75) is 32.7 Å². The maximum atomic E-state index is 12.7. The van der Waals surface area contributed by atoms with E-state index in [1.165, 1.54) is 12.8 Å². The molecule has 6 heteroatoms. The molecule has 1 saturated heterocycles. The number of hydrogen-bond donors (Lipinski definition) is 1. The summed E-state index contributed by atoms with van der Waals surface area (Å²) < 4.78 is 2.28. The van der Waals surface area contributed by atoms with E-state index in [2.05, 4.69) is 11.5 Å². The number of hydrogen-bond acceptors (Lipinski definition) is 3. The average molecular weight is 305 g/mol. The van der Waals surface area contributed by atoms with E-state index >= 15 is 0 Å². The maximum Gasteiger partial charge on any atom is 0.255 e. The number of carbonyl (C=O) groups is 2. The molecule has 0 radical (unpaired) electrons. The first-order chi connectivity index (χ1) is 10.5. The minimum absolute atomic E-state index is 0.0519. The van der Waals surface area contributed by atoms with Crippen molar-refractivity contribution in [1.29, 1.82) is 0 Å². The molecule has 2 amide bonds. The number of aliphatic hydroxyl groups excluding tert-OH is 1. The summed E-state index contributed by atoms with van der Waals surface area (Å²) in [7, 11) is 0. The minimum Gasteiger partial charge on any atom is -0.387 e. The van der Waals surface area contributed by atoms with Crippen molar-refractivity contribution in [3.8, 4) is 0 Å². The highest BCUT2D eigenvalue weighted by Gasteiger charge is 2.30. The van der Waals surface area contributed by atoms with Crippen molar-refractivity contribution in [3.63, 3.8) is 0 Å². The van der Waals surface area contributed by atoms with Crippen LogP contribution in [0.2, 0.25) is 0 Å². The summed E-state index contributed by atoms with van der Waals surface area (Å²) >= 11 is 0. The molecule has 6 nitrogen and oxygen atoms in total. The normalized spacial score (nSPS) is 18.7. The predicted octanol–water partition coefficient (Wildman–Crippen LogP) is 0.717. The van der Waals surface area contributed by atoms with Crippen LogP contribution in [-0.2, 0) is 4.79 Å². The SMILES string of the molecule is Cc1cc(C(=O)N2CCN(C(=O)CO)CC2)c(C)n1C1CC1. The lowest BCUT2D eigenvalue weighted by Crippen LogP contribution is -2.51. The van der Waals surface area contributed by atoms with Crippen LogP contribution >= 0.6 is 0 Å². The Morgan fingerprint density at radius 2 is 1.73 bits per heavy atom. The van der Waals surface area contributed by atoms with Crippen LogP contribution in [0.5, 0.6) is 0 Å². The van der Waals surface area contributed by atoms with Crippen LogP contribution in [0.15, 0.2) is 6.07 Å². The molecule has 1 aliphatic carbocycles. The fraction of sp³-hybridized carbons (Fsp3) is 0.625. The van der Waals surface area contributed by atoms with Gasteiger partial charge in [0.05, 0.1) is 5.56 Å². The molecular formula is C16H23N3O3. The monoisotopic (exact) mass is 305 g/mol. The van der Waals surface area contributed by atoms with E-state index in [1.54, 1.807) is 9.80 Å². The van der Waals surface area contributed by atoms with Crippen LogP contribution in [0.25, 0.3) is 0 Å². The summed E-state index contributed by atoms with van der Waals surface area (Å²) in [5, 5.41) is 8.89. The van der Waals surface area contributed by atoms with Gasteiger partial charge >= 0.3 is 0 Å². The third-order valence-electron chi connectivity index (χ3n) is 4.68. The lowest BCUT2D eigenvalue weighted by atomic mass is 10.2. The summed E-state index contributed by atoms with van der Waals surface area (Å²) in [6, 6.07) is 2.56. The van der Waals surface area contributed by atoms with Crippen molar-refractivity contribution in [2.75, 3.05) is 32.8 Å². The van der Waals surface area contributed by atoms with Gasteiger partial charge in [0.15, 0.2) is 0 Å². The Hall–Kier alpha value is -1.82. The summed E-state index contributed by atoms with van der Waals surface area (Å²) in [5.74, 6) is -0.213.